The molecule has 0 aliphatic carbocycles. The lowest BCUT2D eigenvalue weighted by Gasteiger charge is -2.15. The number of hydrogen-bond acceptors (Lipinski definition) is 4. The summed E-state index contributed by atoms with van der Waals surface area (Å²) in [4.78, 5) is 27.9. The Morgan fingerprint density at radius 2 is 1.76 bits per heavy atom. The molecule has 2 aromatic heterocycles. The molecule has 0 saturated carbocycles. The molecule has 9 heteroatoms. The number of rotatable bonds is 5. The van der Waals surface area contributed by atoms with Crippen LogP contribution in [-0.4, -0.2) is 33.0 Å². The number of halogens is 2. The van der Waals surface area contributed by atoms with Crippen molar-refractivity contribution < 1.29 is 19.3 Å². The number of aromatic nitrogens is 3. The number of pyridine rings is 1. The molecule has 0 bridgehead atoms. The molecule has 0 unspecified atom stereocenters. The van der Waals surface area contributed by atoms with Crippen LogP contribution in [0.4, 0.5) is 0 Å². The van der Waals surface area contributed by atoms with E-state index in [9.17, 15) is 14.7 Å². The maximum Gasteiger partial charge on any atom is 0.326 e. The van der Waals surface area contributed by atoms with Crippen molar-refractivity contribution >= 4 is 46.3 Å². The molecule has 2 amide bonds. The SMILES string of the molecule is CCCN1C(=O)C(c2c(C)nn(-c3ccc(Cl)c(Cl)c3)c2[O-])=C([n+]2ccc(C)c(C)c2)C1=O. The number of carbonyl (C=O) groups is 2. The number of carbonyl (C=O) groups excluding carboxylic acids is 2. The number of aryl methyl sites for hydroxylation is 3. The first-order valence-corrected chi connectivity index (χ1v) is 11.2. The van der Waals surface area contributed by atoms with E-state index < -0.39 is 17.7 Å². The van der Waals surface area contributed by atoms with E-state index in [2.05, 4.69) is 5.10 Å². The molecule has 3 aromatic rings. The molecule has 1 aliphatic rings. The van der Waals surface area contributed by atoms with Gasteiger partial charge in [-0.25, -0.2) is 4.68 Å². The van der Waals surface area contributed by atoms with Gasteiger partial charge >= 0.3 is 5.91 Å². The van der Waals surface area contributed by atoms with Crippen LogP contribution >= 0.6 is 23.2 Å². The molecule has 4 rings (SSSR count). The average Bonchev–Trinajstić information content (AvgIpc) is 3.19. The smallest absolute Gasteiger partial charge is 0.326 e. The molecule has 0 spiro atoms. The molecule has 7 nitrogen and oxygen atoms in total. The fourth-order valence-electron chi connectivity index (χ4n) is 3.86. The van der Waals surface area contributed by atoms with Gasteiger partial charge in [0.15, 0.2) is 12.4 Å². The molecule has 33 heavy (non-hydrogen) atoms. The first kappa shape index (κ1) is 23.0. The molecule has 170 valence electrons. The number of nitrogens with zero attached hydrogens (tertiary/aromatic N) is 4. The summed E-state index contributed by atoms with van der Waals surface area (Å²) in [6.45, 7) is 7.66. The van der Waals surface area contributed by atoms with E-state index in [-0.39, 0.29) is 28.4 Å². The number of imide groups is 1. The molecular formula is C24H22Cl2N4O3. The van der Waals surface area contributed by atoms with Gasteiger partial charge in [0.1, 0.15) is 5.57 Å². The monoisotopic (exact) mass is 484 g/mol. The summed E-state index contributed by atoms with van der Waals surface area (Å²) >= 11 is 12.1. The van der Waals surface area contributed by atoms with Crippen molar-refractivity contribution in [2.45, 2.75) is 34.1 Å². The van der Waals surface area contributed by atoms with Gasteiger partial charge < -0.3 is 5.11 Å². The average molecular weight is 485 g/mol. The topological polar surface area (TPSA) is 82.1 Å². The lowest BCUT2D eigenvalue weighted by molar-refractivity contribution is -0.577. The van der Waals surface area contributed by atoms with Crippen molar-refractivity contribution in [2.75, 3.05) is 6.54 Å². The lowest BCUT2D eigenvalue weighted by Crippen LogP contribution is -2.40. The molecule has 0 N–H and O–H groups in total. The van der Waals surface area contributed by atoms with Crippen LogP contribution in [0.5, 0.6) is 5.88 Å². The van der Waals surface area contributed by atoms with Gasteiger partial charge in [-0.1, -0.05) is 30.1 Å². The third kappa shape index (κ3) is 3.81. The Bertz CT molecular complexity index is 1340. The second kappa shape index (κ2) is 8.65. The van der Waals surface area contributed by atoms with E-state index >= 15 is 0 Å². The van der Waals surface area contributed by atoms with Crippen LogP contribution in [0.1, 0.15) is 35.7 Å². The fraction of sp³-hybridized carbons (Fsp3) is 0.250. The van der Waals surface area contributed by atoms with Crippen LogP contribution < -0.4 is 9.67 Å². The van der Waals surface area contributed by atoms with Crippen molar-refractivity contribution in [3.8, 4) is 11.6 Å². The highest BCUT2D eigenvalue weighted by atomic mass is 35.5. The summed E-state index contributed by atoms with van der Waals surface area (Å²) in [5, 5.41) is 18.5. The van der Waals surface area contributed by atoms with Crippen LogP contribution in [-0.2, 0) is 9.59 Å². The minimum absolute atomic E-state index is 0.0514. The fourth-order valence-corrected chi connectivity index (χ4v) is 4.15. The summed E-state index contributed by atoms with van der Waals surface area (Å²) < 4.78 is 2.78. The number of hydrogen-bond donors (Lipinski definition) is 0. The quantitative estimate of drug-likeness (QED) is 0.409. The normalized spacial score (nSPS) is 14.1. The first-order chi connectivity index (χ1) is 15.6. The molecule has 1 aliphatic heterocycles. The zero-order valence-electron chi connectivity index (χ0n) is 18.6. The Hall–Kier alpha value is -3.16. The van der Waals surface area contributed by atoms with Gasteiger partial charge in [0, 0.05) is 23.7 Å². The maximum atomic E-state index is 13.5. The van der Waals surface area contributed by atoms with E-state index in [1.165, 1.54) is 15.6 Å². The minimum Gasteiger partial charge on any atom is -0.858 e. The lowest BCUT2D eigenvalue weighted by atomic mass is 10.0. The Balaban J connectivity index is 1.97. The van der Waals surface area contributed by atoms with Crippen LogP contribution in [0.3, 0.4) is 0 Å². The Morgan fingerprint density at radius 3 is 2.39 bits per heavy atom. The molecule has 0 radical (unpaired) electrons. The van der Waals surface area contributed by atoms with Crippen LogP contribution in [0, 0.1) is 20.8 Å². The van der Waals surface area contributed by atoms with Crippen molar-refractivity contribution in [1.29, 1.82) is 0 Å². The first-order valence-electron chi connectivity index (χ1n) is 10.5. The highest BCUT2D eigenvalue weighted by molar-refractivity contribution is 6.45. The van der Waals surface area contributed by atoms with Crippen molar-refractivity contribution in [2.24, 2.45) is 0 Å². The summed E-state index contributed by atoms with van der Waals surface area (Å²) in [6, 6.07) is 6.58. The Kier molecular flexibility index (Phi) is 6.03. The van der Waals surface area contributed by atoms with Crippen molar-refractivity contribution in [3.05, 3.63) is 69.1 Å². The molecule has 3 heterocycles. The van der Waals surface area contributed by atoms with Gasteiger partial charge in [-0.3, -0.25) is 14.5 Å². The van der Waals surface area contributed by atoms with Gasteiger partial charge in [0.05, 0.1) is 21.4 Å². The third-order valence-electron chi connectivity index (χ3n) is 5.70. The standard InChI is InChI=1S/C24H22Cl2N4O3/c1-5-9-29-22(31)20(21(24(29)33)28-10-8-13(2)14(3)12-28)19-15(4)27-30(23(19)32)16-6-7-17(25)18(26)11-16/h6-8,10-12H,5,9H2,1-4H3. The Morgan fingerprint density at radius 1 is 1.03 bits per heavy atom. The summed E-state index contributed by atoms with van der Waals surface area (Å²) in [5.41, 5.74) is 3.03. The van der Waals surface area contributed by atoms with Crippen LogP contribution in [0.2, 0.25) is 10.0 Å². The highest BCUT2D eigenvalue weighted by Gasteiger charge is 2.46. The number of benzene rings is 1. The zero-order valence-corrected chi connectivity index (χ0v) is 20.2. The summed E-state index contributed by atoms with van der Waals surface area (Å²) in [7, 11) is 0. The highest BCUT2D eigenvalue weighted by Crippen LogP contribution is 2.37. The van der Waals surface area contributed by atoms with E-state index in [4.69, 9.17) is 23.2 Å². The van der Waals surface area contributed by atoms with Gasteiger partial charge in [-0.05, 0) is 56.8 Å². The predicted octanol–water partition coefficient (Wildman–Crippen LogP) is 3.61. The zero-order chi connectivity index (χ0) is 24.0. The molecular weight excluding hydrogens is 463 g/mol. The van der Waals surface area contributed by atoms with Gasteiger partial charge in [-0.15, -0.1) is 0 Å². The van der Waals surface area contributed by atoms with Crippen molar-refractivity contribution in [1.82, 2.24) is 14.7 Å². The van der Waals surface area contributed by atoms with Crippen molar-refractivity contribution in [3.63, 3.8) is 0 Å². The van der Waals surface area contributed by atoms with Gasteiger partial charge in [-0.2, -0.15) is 9.67 Å². The molecule has 0 saturated heterocycles. The van der Waals surface area contributed by atoms with Gasteiger partial charge in [0.2, 0.25) is 0 Å². The Labute approximate surface area is 201 Å². The molecule has 1 aromatic carbocycles. The predicted molar refractivity (Wildman–Crippen MR) is 124 cm³/mol. The largest absolute Gasteiger partial charge is 0.858 e. The van der Waals surface area contributed by atoms with Crippen LogP contribution in [0.15, 0.2) is 36.7 Å². The second-order valence-corrected chi connectivity index (χ2v) is 8.79. The molecule has 0 atom stereocenters. The number of amides is 2. The second-order valence-electron chi connectivity index (χ2n) is 7.98. The van der Waals surface area contributed by atoms with Crippen LogP contribution in [0.25, 0.3) is 17.0 Å². The van der Waals surface area contributed by atoms with Gasteiger partial charge in [0.25, 0.3) is 11.6 Å². The van der Waals surface area contributed by atoms with E-state index in [1.54, 1.807) is 36.0 Å². The van der Waals surface area contributed by atoms with E-state index in [1.807, 2.05) is 26.8 Å². The third-order valence-corrected chi connectivity index (χ3v) is 6.44. The summed E-state index contributed by atoms with van der Waals surface area (Å²) in [6.07, 6.45) is 4.11. The van der Waals surface area contributed by atoms with E-state index in [0.717, 1.165) is 11.1 Å². The van der Waals surface area contributed by atoms with E-state index in [0.29, 0.717) is 22.8 Å². The summed E-state index contributed by atoms with van der Waals surface area (Å²) in [5.74, 6) is -1.45. The molecule has 0 fully saturated rings. The minimum atomic E-state index is -0.512. The maximum absolute atomic E-state index is 13.5.